The van der Waals surface area contributed by atoms with Crippen molar-refractivity contribution in [1.29, 1.82) is 0 Å². The summed E-state index contributed by atoms with van der Waals surface area (Å²) in [5.41, 5.74) is 5.58. The third-order valence-electron chi connectivity index (χ3n) is 7.87. The van der Waals surface area contributed by atoms with E-state index in [4.69, 9.17) is 10.3 Å². The van der Waals surface area contributed by atoms with Crippen molar-refractivity contribution in [2.75, 3.05) is 13.1 Å². The second kappa shape index (κ2) is 14.5. The van der Waals surface area contributed by atoms with E-state index in [1.54, 1.807) is 6.92 Å². The third kappa shape index (κ3) is 7.85. The zero-order valence-electron chi connectivity index (χ0n) is 22.9. The van der Waals surface area contributed by atoms with Crippen LogP contribution in [-0.4, -0.2) is 75.4 Å². The summed E-state index contributed by atoms with van der Waals surface area (Å²) in [5, 5.41) is 15.2. The Labute approximate surface area is 225 Å². The molecule has 2 fully saturated rings. The number of nitrogens with zero attached hydrogens (tertiary/aromatic N) is 1. The summed E-state index contributed by atoms with van der Waals surface area (Å²) in [6.07, 6.45) is 3.62. The lowest BCUT2D eigenvalue weighted by molar-refractivity contribution is -0.793. The van der Waals surface area contributed by atoms with Gasteiger partial charge in [-0.2, -0.15) is 9.28 Å². The van der Waals surface area contributed by atoms with Crippen molar-refractivity contribution in [3.63, 3.8) is 0 Å². The third-order valence-corrected chi connectivity index (χ3v) is 9.66. The predicted octanol–water partition coefficient (Wildman–Crippen LogP) is 2.83. The number of carbonyl (C=O) groups is 4. The molecule has 0 radical (unpaired) electrons. The van der Waals surface area contributed by atoms with Crippen LogP contribution in [-0.2, 0) is 23.5 Å². The van der Waals surface area contributed by atoms with Crippen molar-refractivity contribution in [2.45, 2.75) is 115 Å². The first kappa shape index (κ1) is 32.4. The van der Waals surface area contributed by atoms with Gasteiger partial charge in [0.1, 0.15) is 17.9 Å². The van der Waals surface area contributed by atoms with Gasteiger partial charge in [0.05, 0.1) is 6.54 Å². The normalized spacial score (nSPS) is 25.4. The fraction of sp³-hybridized carbons (Fsp3) is 0.840. The lowest BCUT2D eigenvalue weighted by Crippen LogP contribution is -2.61. The zero-order valence-corrected chi connectivity index (χ0v) is 23.8. The lowest BCUT2D eigenvalue weighted by atomic mass is 9.84. The summed E-state index contributed by atoms with van der Waals surface area (Å²) in [6.45, 7) is 5.34. The first-order chi connectivity index (χ1) is 17.9. The number of likely N-dealkylation sites (tertiary alicyclic amines) is 1. The van der Waals surface area contributed by atoms with Crippen molar-refractivity contribution >= 4 is 31.4 Å². The molecule has 38 heavy (non-hydrogen) atoms. The molecule has 218 valence electrons. The molecular formula is C25H46N4O8P+. The minimum Gasteiger partial charge on any atom is -0.435 e. The molecule has 6 atom stereocenters. The molecule has 2 rings (SSSR count). The first-order valence-electron chi connectivity index (χ1n) is 13.9. The van der Waals surface area contributed by atoms with Crippen LogP contribution in [0.15, 0.2) is 0 Å². The quantitative estimate of drug-likeness (QED) is 0.114. The van der Waals surface area contributed by atoms with E-state index in [2.05, 4.69) is 10.6 Å². The van der Waals surface area contributed by atoms with Crippen LogP contribution in [0.1, 0.15) is 91.4 Å². The van der Waals surface area contributed by atoms with Gasteiger partial charge in [0, 0.05) is 18.8 Å². The molecule has 6 N–H and O–H groups in total. The molecule has 4 amide bonds. The molecule has 0 aromatic rings. The minimum atomic E-state index is -4.62. The second-order valence-corrected chi connectivity index (χ2v) is 12.6. The van der Waals surface area contributed by atoms with E-state index < -0.39 is 54.0 Å². The summed E-state index contributed by atoms with van der Waals surface area (Å²) < 4.78 is 17.9. The van der Waals surface area contributed by atoms with Crippen LogP contribution in [0.2, 0.25) is 0 Å². The number of quaternary nitrogens is 1. The summed E-state index contributed by atoms with van der Waals surface area (Å²) in [7, 11) is -4.62. The number of imide groups is 1. The number of hydrogen-bond donors (Lipinski definition) is 5. The highest BCUT2D eigenvalue weighted by molar-refractivity contribution is 7.53. The zero-order chi connectivity index (χ0) is 28.5. The second-order valence-electron chi connectivity index (χ2n) is 10.7. The topological polar surface area (TPSA) is 185 Å². The molecule has 1 heterocycles. The maximum absolute atomic E-state index is 13.4. The molecule has 1 aliphatic carbocycles. The highest BCUT2D eigenvalue weighted by Gasteiger charge is 2.55. The van der Waals surface area contributed by atoms with Gasteiger partial charge in [-0.1, -0.05) is 26.2 Å². The van der Waals surface area contributed by atoms with Crippen LogP contribution in [0.5, 0.6) is 0 Å². The largest absolute Gasteiger partial charge is 0.521 e. The Morgan fingerprint density at radius 1 is 1.08 bits per heavy atom. The molecular weight excluding hydrogens is 515 g/mol. The minimum absolute atomic E-state index is 0.0833. The monoisotopic (exact) mass is 561 g/mol. The van der Waals surface area contributed by atoms with Crippen molar-refractivity contribution in [3.8, 4) is 0 Å². The molecule has 13 heteroatoms. The average molecular weight is 562 g/mol. The molecule has 3 unspecified atom stereocenters. The molecule has 0 spiro atoms. The molecule has 1 saturated heterocycles. The van der Waals surface area contributed by atoms with E-state index in [0.29, 0.717) is 51.5 Å². The SMILES string of the molecule is CCCC[C@@H](NC(=O)[C@H](CCCCN)NC(=O)C1CCC1)P(=O)(O)OC(C)C(=O)[N+]1(C(=O)O)CCC[C@H]1C. The number of carboxylic acid groups (broad SMARTS) is 1. The molecule has 1 aliphatic heterocycles. The first-order valence-corrected chi connectivity index (χ1v) is 15.5. The van der Waals surface area contributed by atoms with Gasteiger partial charge in [-0.05, 0) is 58.9 Å². The van der Waals surface area contributed by atoms with Gasteiger partial charge in [-0.25, -0.2) is 4.79 Å². The summed E-state index contributed by atoms with van der Waals surface area (Å²) in [5.74, 6) is -3.07. The Kier molecular flexibility index (Phi) is 12.4. The Hall–Kier alpha value is -1.85. The molecule has 2 aliphatic rings. The van der Waals surface area contributed by atoms with Crippen LogP contribution < -0.4 is 16.4 Å². The Balaban J connectivity index is 2.17. The number of nitrogens with one attached hydrogen (secondary N) is 2. The van der Waals surface area contributed by atoms with Crippen LogP contribution in [0.3, 0.4) is 0 Å². The van der Waals surface area contributed by atoms with Crippen molar-refractivity contribution in [3.05, 3.63) is 0 Å². The number of rotatable bonds is 15. The van der Waals surface area contributed by atoms with Gasteiger partial charge in [0.15, 0.2) is 6.10 Å². The Bertz CT molecular complexity index is 899. The van der Waals surface area contributed by atoms with E-state index in [1.807, 2.05) is 6.92 Å². The summed E-state index contributed by atoms with van der Waals surface area (Å²) >= 11 is 0. The highest BCUT2D eigenvalue weighted by Crippen LogP contribution is 2.50. The van der Waals surface area contributed by atoms with Crippen LogP contribution in [0.25, 0.3) is 0 Å². The fourth-order valence-corrected chi connectivity index (χ4v) is 6.64. The number of hydrogen-bond acceptors (Lipinski definition) is 7. The summed E-state index contributed by atoms with van der Waals surface area (Å²) in [4.78, 5) is 62.0. The summed E-state index contributed by atoms with van der Waals surface area (Å²) in [6, 6.07) is -1.39. The molecule has 12 nitrogen and oxygen atoms in total. The van der Waals surface area contributed by atoms with Gasteiger partial charge in [0.25, 0.3) is 0 Å². The van der Waals surface area contributed by atoms with Gasteiger partial charge >= 0.3 is 19.6 Å². The smallest absolute Gasteiger partial charge is 0.435 e. The van der Waals surface area contributed by atoms with Crippen molar-refractivity contribution in [2.24, 2.45) is 11.7 Å². The number of nitrogens with two attached hydrogens (primary N) is 1. The van der Waals surface area contributed by atoms with Crippen LogP contribution >= 0.6 is 7.60 Å². The fourth-order valence-electron chi connectivity index (χ4n) is 5.15. The average Bonchev–Trinajstić information content (AvgIpc) is 3.21. The van der Waals surface area contributed by atoms with Gasteiger partial charge in [-0.15, -0.1) is 0 Å². The number of carbonyl (C=O) groups excluding carboxylic acids is 3. The number of amides is 4. The van der Waals surface area contributed by atoms with Gasteiger partial charge < -0.3 is 26.4 Å². The molecule has 0 aromatic carbocycles. The van der Waals surface area contributed by atoms with Crippen molar-refractivity contribution < 1.29 is 42.7 Å². The van der Waals surface area contributed by atoms with E-state index >= 15 is 0 Å². The molecule has 0 bridgehead atoms. The Morgan fingerprint density at radius 3 is 2.26 bits per heavy atom. The van der Waals surface area contributed by atoms with Gasteiger partial charge in [0.2, 0.25) is 11.8 Å². The van der Waals surface area contributed by atoms with Crippen LogP contribution in [0.4, 0.5) is 4.79 Å². The lowest BCUT2D eigenvalue weighted by Gasteiger charge is -2.33. The van der Waals surface area contributed by atoms with E-state index in [9.17, 15) is 33.7 Å². The van der Waals surface area contributed by atoms with E-state index in [1.165, 1.54) is 6.92 Å². The van der Waals surface area contributed by atoms with E-state index in [-0.39, 0.29) is 24.8 Å². The maximum Gasteiger partial charge on any atom is 0.521 e. The van der Waals surface area contributed by atoms with Crippen molar-refractivity contribution in [1.82, 2.24) is 10.6 Å². The van der Waals surface area contributed by atoms with Gasteiger partial charge in [-0.3, -0.25) is 18.7 Å². The highest BCUT2D eigenvalue weighted by atomic mass is 31.2. The number of unbranched alkanes of at least 4 members (excludes halogenated alkanes) is 2. The Morgan fingerprint density at radius 2 is 1.76 bits per heavy atom. The van der Waals surface area contributed by atoms with Crippen LogP contribution in [0, 0.1) is 5.92 Å². The molecule has 0 aromatic heterocycles. The molecule has 1 saturated carbocycles. The predicted molar refractivity (Wildman–Crippen MR) is 141 cm³/mol. The standard InChI is InChI=1S/C25H45N4O8P/c1-4-5-14-21(28-23(31)20(13-6-7-15-26)27-22(30)19-11-8-12-19)38(35,36)37-18(3)24(32)29(25(33)34)16-9-10-17(29)2/h17-21H,4-16,26H2,1-3H3,(H3-,27,28,30,31,33,34,35,36)/p+1/t17-,18?,20+,21+,29?/m1/s1. The maximum atomic E-state index is 13.4. The van der Waals surface area contributed by atoms with E-state index in [0.717, 1.165) is 19.3 Å².